The van der Waals surface area contributed by atoms with Crippen LogP contribution in [0.2, 0.25) is 10.0 Å². The molecule has 0 saturated carbocycles. The number of aryl methyl sites for hydroxylation is 1. The van der Waals surface area contributed by atoms with Gasteiger partial charge in [-0.3, -0.25) is 0 Å². The molecule has 2 rings (SSSR count). The molecule has 0 radical (unpaired) electrons. The summed E-state index contributed by atoms with van der Waals surface area (Å²) in [6.45, 7) is 2.40. The van der Waals surface area contributed by atoms with Crippen molar-refractivity contribution >= 4 is 23.2 Å². The van der Waals surface area contributed by atoms with Gasteiger partial charge in [0.2, 0.25) is 0 Å². The predicted molar refractivity (Wildman–Crippen MR) is 76.7 cm³/mol. The van der Waals surface area contributed by atoms with Crippen LogP contribution in [0, 0.1) is 18.3 Å². The molecule has 0 spiro atoms. The summed E-state index contributed by atoms with van der Waals surface area (Å²) in [4.78, 5) is 0. The third-order valence-electron chi connectivity index (χ3n) is 2.59. The molecule has 2 nitrogen and oxygen atoms in total. The second-order valence-corrected chi connectivity index (χ2v) is 4.97. The molecule has 19 heavy (non-hydrogen) atoms. The van der Waals surface area contributed by atoms with Crippen molar-refractivity contribution in [3.05, 3.63) is 63.1 Å². The summed E-state index contributed by atoms with van der Waals surface area (Å²) in [6, 6.07) is 13.1. The van der Waals surface area contributed by atoms with Gasteiger partial charge >= 0.3 is 0 Å². The first-order chi connectivity index (χ1) is 9.10. The molecule has 0 atom stereocenters. The van der Waals surface area contributed by atoms with Gasteiger partial charge in [0.05, 0.1) is 21.7 Å². The van der Waals surface area contributed by atoms with Crippen molar-refractivity contribution in [1.82, 2.24) is 0 Å². The van der Waals surface area contributed by atoms with Gasteiger partial charge in [0, 0.05) is 0 Å². The van der Waals surface area contributed by atoms with Crippen LogP contribution in [-0.4, -0.2) is 0 Å². The number of hydrogen-bond acceptors (Lipinski definition) is 2. The first kappa shape index (κ1) is 13.7. The molecular formula is C15H11Cl2NO. The minimum absolute atomic E-state index is 0.344. The number of ether oxygens (including phenoxy) is 1. The van der Waals surface area contributed by atoms with Crippen molar-refractivity contribution in [2.24, 2.45) is 0 Å². The van der Waals surface area contributed by atoms with E-state index in [0.717, 1.165) is 11.1 Å². The van der Waals surface area contributed by atoms with Gasteiger partial charge in [-0.05, 0) is 24.6 Å². The fourth-order valence-corrected chi connectivity index (χ4v) is 2.32. The minimum atomic E-state index is 0.344. The molecule has 0 saturated heterocycles. The molecular weight excluding hydrogens is 281 g/mol. The maximum Gasteiger partial charge on any atom is 0.157 e. The summed E-state index contributed by atoms with van der Waals surface area (Å²) in [5.41, 5.74) is 2.62. The molecule has 0 aliphatic heterocycles. The molecule has 0 bridgehead atoms. The Morgan fingerprint density at radius 1 is 1.16 bits per heavy atom. The van der Waals surface area contributed by atoms with E-state index in [9.17, 15) is 0 Å². The topological polar surface area (TPSA) is 33.0 Å². The van der Waals surface area contributed by atoms with Gasteiger partial charge in [-0.2, -0.15) is 5.26 Å². The predicted octanol–water partition coefficient (Wildman–Crippen LogP) is 4.75. The van der Waals surface area contributed by atoms with E-state index in [1.54, 1.807) is 12.1 Å². The van der Waals surface area contributed by atoms with Gasteiger partial charge in [0.15, 0.2) is 5.75 Å². The summed E-state index contributed by atoms with van der Waals surface area (Å²) >= 11 is 12.1. The summed E-state index contributed by atoms with van der Waals surface area (Å²) in [5, 5.41) is 9.50. The zero-order valence-corrected chi connectivity index (χ0v) is 11.8. The Morgan fingerprint density at radius 2 is 1.84 bits per heavy atom. The number of benzene rings is 2. The van der Waals surface area contributed by atoms with Crippen LogP contribution in [0.1, 0.15) is 16.7 Å². The van der Waals surface area contributed by atoms with E-state index in [-0.39, 0.29) is 0 Å². The first-order valence-corrected chi connectivity index (χ1v) is 6.43. The third kappa shape index (κ3) is 3.41. The maximum absolute atomic E-state index is 8.81. The highest BCUT2D eigenvalue weighted by molar-refractivity contribution is 6.37. The van der Waals surface area contributed by atoms with E-state index in [1.165, 1.54) is 0 Å². The van der Waals surface area contributed by atoms with Crippen molar-refractivity contribution in [2.75, 3.05) is 0 Å². The lowest BCUT2D eigenvalue weighted by Crippen LogP contribution is -1.97. The normalized spacial score (nSPS) is 10.0. The largest absolute Gasteiger partial charge is 0.486 e. The zero-order chi connectivity index (χ0) is 13.8. The van der Waals surface area contributed by atoms with Crippen LogP contribution in [-0.2, 0) is 6.61 Å². The van der Waals surface area contributed by atoms with Crippen molar-refractivity contribution in [2.45, 2.75) is 13.5 Å². The number of nitriles is 1. The van der Waals surface area contributed by atoms with Crippen LogP contribution in [0.3, 0.4) is 0 Å². The Bertz CT molecular complexity index is 624. The van der Waals surface area contributed by atoms with Gasteiger partial charge in [-0.15, -0.1) is 0 Å². The quantitative estimate of drug-likeness (QED) is 0.817. The molecule has 96 valence electrons. The van der Waals surface area contributed by atoms with Gasteiger partial charge in [0.25, 0.3) is 0 Å². The first-order valence-electron chi connectivity index (χ1n) is 5.67. The molecule has 2 aromatic rings. The Morgan fingerprint density at radius 3 is 2.42 bits per heavy atom. The highest BCUT2D eigenvalue weighted by Gasteiger charge is 2.10. The Kier molecular flexibility index (Phi) is 4.31. The van der Waals surface area contributed by atoms with E-state index in [4.69, 9.17) is 33.2 Å². The van der Waals surface area contributed by atoms with Gasteiger partial charge in [-0.1, -0.05) is 53.0 Å². The summed E-state index contributed by atoms with van der Waals surface area (Å²) in [7, 11) is 0. The summed E-state index contributed by atoms with van der Waals surface area (Å²) < 4.78 is 5.63. The average molecular weight is 292 g/mol. The molecule has 0 aliphatic rings. The van der Waals surface area contributed by atoms with Crippen molar-refractivity contribution in [3.8, 4) is 11.8 Å². The van der Waals surface area contributed by atoms with E-state index >= 15 is 0 Å². The SMILES string of the molecule is Cc1cccc(COc2c(Cl)cc(C#N)cc2Cl)c1. The van der Waals surface area contributed by atoms with Crippen LogP contribution in [0.5, 0.6) is 5.75 Å². The molecule has 0 amide bonds. The second kappa shape index (κ2) is 5.97. The number of nitrogens with zero attached hydrogens (tertiary/aromatic N) is 1. The summed E-state index contributed by atoms with van der Waals surface area (Å²) in [5.74, 6) is 0.406. The van der Waals surface area contributed by atoms with Gasteiger partial charge in [0.1, 0.15) is 6.61 Å². The third-order valence-corrected chi connectivity index (χ3v) is 3.15. The lowest BCUT2D eigenvalue weighted by Gasteiger charge is -2.10. The van der Waals surface area contributed by atoms with Gasteiger partial charge in [-0.25, -0.2) is 0 Å². The molecule has 0 heterocycles. The van der Waals surface area contributed by atoms with Crippen molar-refractivity contribution in [3.63, 3.8) is 0 Å². The highest BCUT2D eigenvalue weighted by atomic mass is 35.5. The van der Waals surface area contributed by atoms with Crippen LogP contribution in [0.4, 0.5) is 0 Å². The number of hydrogen-bond donors (Lipinski definition) is 0. The van der Waals surface area contributed by atoms with Gasteiger partial charge < -0.3 is 4.74 Å². The highest BCUT2D eigenvalue weighted by Crippen LogP contribution is 2.34. The molecule has 4 heteroatoms. The van der Waals surface area contributed by atoms with E-state index in [0.29, 0.717) is 28.0 Å². The maximum atomic E-state index is 8.81. The van der Waals surface area contributed by atoms with Crippen LogP contribution < -0.4 is 4.74 Å². The zero-order valence-electron chi connectivity index (χ0n) is 10.3. The fraction of sp³-hybridized carbons (Fsp3) is 0.133. The smallest absolute Gasteiger partial charge is 0.157 e. The Hall–Kier alpha value is -1.69. The molecule has 0 aromatic heterocycles. The number of rotatable bonds is 3. The van der Waals surface area contributed by atoms with Crippen LogP contribution in [0.25, 0.3) is 0 Å². The Balaban J connectivity index is 2.18. The minimum Gasteiger partial charge on any atom is -0.486 e. The van der Waals surface area contributed by atoms with Crippen LogP contribution in [0.15, 0.2) is 36.4 Å². The lowest BCUT2D eigenvalue weighted by atomic mass is 10.1. The molecule has 0 N–H and O–H groups in total. The Labute approximate surface area is 122 Å². The monoisotopic (exact) mass is 291 g/mol. The van der Waals surface area contributed by atoms with E-state index < -0.39 is 0 Å². The lowest BCUT2D eigenvalue weighted by molar-refractivity contribution is 0.306. The van der Waals surface area contributed by atoms with Crippen molar-refractivity contribution < 1.29 is 4.74 Å². The average Bonchev–Trinajstić information content (AvgIpc) is 2.37. The number of halogens is 2. The molecule has 0 aliphatic carbocycles. The van der Waals surface area contributed by atoms with Crippen molar-refractivity contribution in [1.29, 1.82) is 5.26 Å². The molecule has 2 aromatic carbocycles. The second-order valence-electron chi connectivity index (χ2n) is 4.16. The standard InChI is InChI=1S/C15H11Cl2NO/c1-10-3-2-4-11(5-10)9-19-15-13(16)6-12(8-18)7-14(15)17/h2-7H,9H2,1H3. The molecule has 0 unspecified atom stereocenters. The fourth-order valence-electron chi connectivity index (χ4n) is 1.72. The summed E-state index contributed by atoms with van der Waals surface area (Å²) in [6.07, 6.45) is 0. The van der Waals surface area contributed by atoms with E-state index in [1.807, 2.05) is 37.3 Å². The molecule has 0 fully saturated rings. The van der Waals surface area contributed by atoms with E-state index in [2.05, 4.69) is 0 Å². The van der Waals surface area contributed by atoms with Crippen LogP contribution >= 0.6 is 23.2 Å².